The third kappa shape index (κ3) is 1.79. The van der Waals surface area contributed by atoms with Gasteiger partial charge in [0.05, 0.1) is 12.1 Å². The zero-order chi connectivity index (χ0) is 10.1. The summed E-state index contributed by atoms with van der Waals surface area (Å²) in [6, 6.07) is 1.76. The van der Waals surface area contributed by atoms with Crippen molar-refractivity contribution in [2.24, 2.45) is 5.73 Å². The van der Waals surface area contributed by atoms with Crippen molar-refractivity contribution in [1.82, 2.24) is 4.90 Å². The predicted molar refractivity (Wildman–Crippen MR) is 45.4 cm³/mol. The summed E-state index contributed by atoms with van der Waals surface area (Å²) >= 11 is 0. The molecule has 0 aromatic carbocycles. The molecule has 0 aliphatic carbocycles. The lowest BCUT2D eigenvalue weighted by Gasteiger charge is -2.21. The normalized spacial score (nSPS) is 31.2. The zero-order valence-electron chi connectivity index (χ0n) is 7.53. The third-order valence-corrected chi connectivity index (χ3v) is 2.47. The maximum absolute atomic E-state index is 10.8. The molecular formula is C8H13N3O2. The Hall–Kier alpha value is -1.12. The molecule has 1 amide bonds. The molecule has 0 radical (unpaired) electrons. The molecule has 1 aliphatic heterocycles. The minimum absolute atomic E-state index is 0.164. The molecule has 13 heavy (non-hydrogen) atoms. The first kappa shape index (κ1) is 9.96. The molecule has 0 aromatic heterocycles. The molecule has 1 rings (SSSR count). The number of aliphatic hydroxyl groups is 1. The molecule has 2 atom stereocenters. The van der Waals surface area contributed by atoms with Crippen molar-refractivity contribution < 1.29 is 9.90 Å². The van der Waals surface area contributed by atoms with Gasteiger partial charge in [-0.05, 0) is 13.3 Å². The van der Waals surface area contributed by atoms with Gasteiger partial charge in [-0.25, -0.2) is 0 Å². The van der Waals surface area contributed by atoms with Crippen LogP contribution in [0.15, 0.2) is 0 Å². The maximum atomic E-state index is 10.8. The van der Waals surface area contributed by atoms with E-state index in [0.29, 0.717) is 13.0 Å². The fraction of sp³-hybridized carbons (Fsp3) is 0.750. The summed E-state index contributed by atoms with van der Waals surface area (Å²) in [7, 11) is 0. The Balaban J connectivity index is 2.64. The first-order chi connectivity index (χ1) is 5.99. The number of β-amino-alcohol motifs (C(OH)–C–C–N with tert-alkyl or cyclic N) is 1. The molecule has 1 aliphatic rings. The molecule has 0 bridgehead atoms. The Labute approximate surface area is 76.7 Å². The molecule has 72 valence electrons. The molecule has 0 aromatic rings. The SMILES string of the molecule is CC(C#N)N1CCC(O)(C(N)=O)C1. The largest absolute Gasteiger partial charge is 0.379 e. The molecule has 3 N–H and O–H groups in total. The van der Waals surface area contributed by atoms with E-state index in [1.165, 1.54) is 0 Å². The quantitative estimate of drug-likeness (QED) is 0.564. The van der Waals surface area contributed by atoms with Crippen LogP contribution in [0.5, 0.6) is 0 Å². The van der Waals surface area contributed by atoms with Gasteiger partial charge in [0.15, 0.2) is 5.60 Å². The van der Waals surface area contributed by atoms with Crippen LogP contribution in [0.2, 0.25) is 0 Å². The number of nitriles is 1. The van der Waals surface area contributed by atoms with Crippen LogP contribution in [0.4, 0.5) is 0 Å². The van der Waals surface area contributed by atoms with Crippen LogP contribution in [0, 0.1) is 11.3 Å². The fourth-order valence-electron chi connectivity index (χ4n) is 1.44. The molecule has 2 unspecified atom stereocenters. The van der Waals surface area contributed by atoms with Gasteiger partial charge in [0.1, 0.15) is 0 Å². The predicted octanol–water partition coefficient (Wildman–Crippen LogP) is -1.18. The van der Waals surface area contributed by atoms with Crippen LogP contribution >= 0.6 is 0 Å². The van der Waals surface area contributed by atoms with E-state index in [0.717, 1.165) is 0 Å². The van der Waals surface area contributed by atoms with Gasteiger partial charge in [0.2, 0.25) is 0 Å². The topological polar surface area (TPSA) is 90.3 Å². The molecule has 1 heterocycles. The minimum atomic E-state index is -1.44. The van der Waals surface area contributed by atoms with E-state index < -0.39 is 11.5 Å². The van der Waals surface area contributed by atoms with Crippen molar-refractivity contribution in [1.29, 1.82) is 5.26 Å². The van der Waals surface area contributed by atoms with Crippen LogP contribution < -0.4 is 5.73 Å². The number of carbonyl (C=O) groups excluding carboxylic acids is 1. The Morgan fingerprint density at radius 3 is 2.85 bits per heavy atom. The number of nitrogens with zero attached hydrogens (tertiary/aromatic N) is 2. The first-order valence-corrected chi connectivity index (χ1v) is 4.15. The highest BCUT2D eigenvalue weighted by Crippen LogP contribution is 2.22. The molecule has 5 nitrogen and oxygen atoms in total. The van der Waals surface area contributed by atoms with Crippen LogP contribution in [0.3, 0.4) is 0 Å². The number of carbonyl (C=O) groups is 1. The molecular weight excluding hydrogens is 170 g/mol. The molecule has 0 spiro atoms. The number of primary amides is 1. The van der Waals surface area contributed by atoms with Gasteiger partial charge >= 0.3 is 0 Å². The van der Waals surface area contributed by atoms with E-state index in [4.69, 9.17) is 11.0 Å². The van der Waals surface area contributed by atoms with E-state index in [9.17, 15) is 9.90 Å². The van der Waals surface area contributed by atoms with Crippen molar-refractivity contribution in [2.75, 3.05) is 13.1 Å². The average molecular weight is 183 g/mol. The number of hydrogen-bond acceptors (Lipinski definition) is 4. The Morgan fingerprint density at radius 1 is 1.85 bits per heavy atom. The number of nitrogens with two attached hydrogens (primary N) is 1. The van der Waals surface area contributed by atoms with Crippen LogP contribution in [0.1, 0.15) is 13.3 Å². The van der Waals surface area contributed by atoms with E-state index >= 15 is 0 Å². The van der Waals surface area contributed by atoms with E-state index in [1.54, 1.807) is 11.8 Å². The van der Waals surface area contributed by atoms with E-state index in [1.807, 2.05) is 6.07 Å². The molecule has 0 saturated carbocycles. The first-order valence-electron chi connectivity index (χ1n) is 4.15. The van der Waals surface area contributed by atoms with Crippen LogP contribution in [-0.4, -0.2) is 40.6 Å². The Morgan fingerprint density at radius 2 is 2.46 bits per heavy atom. The molecule has 5 heteroatoms. The lowest BCUT2D eigenvalue weighted by molar-refractivity contribution is -0.135. The average Bonchev–Trinajstić information content (AvgIpc) is 2.48. The lowest BCUT2D eigenvalue weighted by Crippen LogP contribution is -2.46. The summed E-state index contributed by atoms with van der Waals surface area (Å²) in [5, 5.41) is 18.3. The second-order valence-electron chi connectivity index (χ2n) is 3.42. The summed E-state index contributed by atoms with van der Waals surface area (Å²) in [4.78, 5) is 12.6. The Kier molecular flexibility index (Phi) is 2.55. The summed E-state index contributed by atoms with van der Waals surface area (Å²) < 4.78 is 0. The van der Waals surface area contributed by atoms with Crippen LogP contribution in [-0.2, 0) is 4.79 Å². The van der Waals surface area contributed by atoms with Gasteiger partial charge in [-0.3, -0.25) is 9.69 Å². The van der Waals surface area contributed by atoms with Crippen molar-refractivity contribution in [3.8, 4) is 6.07 Å². The van der Waals surface area contributed by atoms with Crippen molar-refractivity contribution in [3.05, 3.63) is 0 Å². The van der Waals surface area contributed by atoms with Crippen molar-refractivity contribution in [3.63, 3.8) is 0 Å². The Bertz CT molecular complexity index is 261. The van der Waals surface area contributed by atoms with Crippen molar-refractivity contribution in [2.45, 2.75) is 25.0 Å². The summed E-state index contributed by atoms with van der Waals surface area (Å²) in [5.74, 6) is -0.708. The van der Waals surface area contributed by atoms with E-state index in [-0.39, 0.29) is 12.6 Å². The maximum Gasteiger partial charge on any atom is 0.250 e. The minimum Gasteiger partial charge on any atom is -0.379 e. The summed E-state index contributed by atoms with van der Waals surface area (Å²) in [5.41, 5.74) is 3.60. The highest BCUT2D eigenvalue weighted by atomic mass is 16.3. The number of rotatable bonds is 2. The smallest absolute Gasteiger partial charge is 0.250 e. The summed E-state index contributed by atoms with van der Waals surface area (Å²) in [6.07, 6.45) is 0.314. The second-order valence-corrected chi connectivity index (χ2v) is 3.42. The fourth-order valence-corrected chi connectivity index (χ4v) is 1.44. The zero-order valence-corrected chi connectivity index (χ0v) is 7.53. The van der Waals surface area contributed by atoms with Crippen molar-refractivity contribution >= 4 is 5.91 Å². The second kappa shape index (κ2) is 3.32. The highest BCUT2D eigenvalue weighted by molar-refractivity contribution is 5.83. The number of hydrogen-bond donors (Lipinski definition) is 2. The highest BCUT2D eigenvalue weighted by Gasteiger charge is 2.42. The van der Waals surface area contributed by atoms with Gasteiger partial charge in [-0.1, -0.05) is 0 Å². The number of likely N-dealkylation sites (tertiary alicyclic amines) is 1. The standard InChI is InChI=1S/C8H13N3O2/c1-6(4-9)11-3-2-8(13,5-11)7(10)12/h6,13H,2-3,5H2,1H3,(H2,10,12). The third-order valence-electron chi connectivity index (χ3n) is 2.47. The van der Waals surface area contributed by atoms with Gasteiger partial charge < -0.3 is 10.8 Å². The van der Waals surface area contributed by atoms with Gasteiger partial charge in [0, 0.05) is 13.1 Å². The van der Waals surface area contributed by atoms with Gasteiger partial charge in [-0.2, -0.15) is 5.26 Å². The lowest BCUT2D eigenvalue weighted by atomic mass is 10.0. The summed E-state index contributed by atoms with van der Waals surface area (Å²) in [6.45, 7) is 2.43. The van der Waals surface area contributed by atoms with Crippen LogP contribution in [0.25, 0.3) is 0 Å². The molecule has 1 fully saturated rings. The van der Waals surface area contributed by atoms with E-state index in [2.05, 4.69) is 0 Å². The monoisotopic (exact) mass is 183 g/mol. The number of amides is 1. The molecule has 1 saturated heterocycles. The van der Waals surface area contributed by atoms with Gasteiger partial charge in [0.25, 0.3) is 5.91 Å². The van der Waals surface area contributed by atoms with Gasteiger partial charge in [-0.15, -0.1) is 0 Å².